The molecule has 2 aromatic heterocycles. The molecule has 0 amide bonds. The number of likely N-dealkylation sites (tertiary alicyclic amines) is 1. The van der Waals surface area contributed by atoms with Crippen molar-refractivity contribution < 1.29 is 13.2 Å². The van der Waals surface area contributed by atoms with E-state index in [0.29, 0.717) is 41.1 Å². The van der Waals surface area contributed by atoms with Crippen LogP contribution in [0, 0.1) is 0 Å². The zero-order valence-electron chi connectivity index (χ0n) is 25.7. The molecule has 2 aromatic carbocycles. The van der Waals surface area contributed by atoms with Gasteiger partial charge in [-0.15, -0.1) is 0 Å². The zero-order valence-corrected chi connectivity index (χ0v) is 26.5. The lowest BCUT2D eigenvalue weighted by atomic mass is 9.99. The topological polar surface area (TPSA) is 128 Å². The zero-order chi connectivity index (χ0) is 30.7. The van der Waals surface area contributed by atoms with Gasteiger partial charge in [0.15, 0.2) is 15.5 Å². The van der Waals surface area contributed by atoms with Gasteiger partial charge >= 0.3 is 0 Å². The van der Waals surface area contributed by atoms with E-state index in [4.69, 9.17) is 9.72 Å². The maximum Gasteiger partial charge on any atom is 0.231 e. The smallest absolute Gasteiger partial charge is 0.231 e. The van der Waals surface area contributed by atoms with Crippen molar-refractivity contribution in [2.45, 2.75) is 69.1 Å². The second-order valence-corrected chi connectivity index (χ2v) is 14.3. The van der Waals surface area contributed by atoms with Gasteiger partial charge in [0, 0.05) is 30.9 Å². The molecule has 0 spiro atoms. The van der Waals surface area contributed by atoms with Gasteiger partial charge in [-0.25, -0.2) is 8.42 Å². The fraction of sp³-hybridized carbons (Fsp3) is 0.469. The van der Waals surface area contributed by atoms with Gasteiger partial charge < -0.3 is 25.2 Å². The predicted octanol–water partition coefficient (Wildman–Crippen LogP) is 5.88. The van der Waals surface area contributed by atoms with E-state index < -0.39 is 15.1 Å². The van der Waals surface area contributed by atoms with Crippen LogP contribution in [0.2, 0.25) is 0 Å². The molecule has 234 valence electrons. The number of aromatic amines is 1. The summed E-state index contributed by atoms with van der Waals surface area (Å²) in [5, 5.41) is 13.7. The predicted molar refractivity (Wildman–Crippen MR) is 175 cm³/mol. The normalized spacial score (nSPS) is 16.9. The van der Waals surface area contributed by atoms with Gasteiger partial charge in [-0.1, -0.05) is 18.6 Å². The summed E-state index contributed by atoms with van der Waals surface area (Å²) in [6, 6.07) is 13.8. The molecule has 11 nitrogen and oxygen atoms in total. The molecule has 4 aromatic rings. The van der Waals surface area contributed by atoms with Crippen molar-refractivity contribution in [3.05, 3.63) is 48.7 Å². The summed E-state index contributed by atoms with van der Waals surface area (Å²) in [5.74, 6) is 1.48. The summed E-state index contributed by atoms with van der Waals surface area (Å²) in [4.78, 5) is 14.7. The number of hydrogen-bond donors (Lipinski definition) is 3. The molecule has 2 aliphatic rings. The van der Waals surface area contributed by atoms with Crippen LogP contribution in [0.5, 0.6) is 5.75 Å². The number of nitrogens with zero attached hydrogens (tertiary/aromatic N) is 5. The lowest BCUT2D eigenvalue weighted by molar-refractivity contribution is 0.141. The largest absolute Gasteiger partial charge is 0.492 e. The number of rotatable bonds is 10. The van der Waals surface area contributed by atoms with Gasteiger partial charge in [0.1, 0.15) is 11.6 Å². The molecule has 0 aliphatic carbocycles. The van der Waals surface area contributed by atoms with Crippen molar-refractivity contribution in [2.75, 3.05) is 48.3 Å². The molecule has 0 atom stereocenters. The van der Waals surface area contributed by atoms with Gasteiger partial charge in [-0.2, -0.15) is 15.1 Å². The number of fused-ring (bicyclic) bond motifs is 1. The number of hydrogen-bond acceptors (Lipinski definition) is 10. The Balaban J connectivity index is 1.24. The van der Waals surface area contributed by atoms with Crippen molar-refractivity contribution in [1.29, 1.82) is 0 Å². The number of para-hydroxylation sites is 1. The highest BCUT2D eigenvalue weighted by molar-refractivity contribution is 7.92. The summed E-state index contributed by atoms with van der Waals surface area (Å²) in [6.07, 6.45) is 8.00. The second kappa shape index (κ2) is 13.0. The Morgan fingerprint density at radius 2 is 1.75 bits per heavy atom. The van der Waals surface area contributed by atoms with E-state index in [0.717, 1.165) is 30.2 Å². The Morgan fingerprint density at radius 1 is 0.977 bits per heavy atom. The van der Waals surface area contributed by atoms with Crippen LogP contribution in [-0.2, 0) is 9.84 Å². The van der Waals surface area contributed by atoms with E-state index in [1.54, 1.807) is 44.3 Å². The highest BCUT2D eigenvalue weighted by Gasteiger charge is 2.27. The fourth-order valence-corrected chi connectivity index (χ4v) is 7.37. The van der Waals surface area contributed by atoms with E-state index in [9.17, 15) is 8.42 Å². The van der Waals surface area contributed by atoms with Crippen LogP contribution in [0.4, 0.5) is 28.8 Å². The van der Waals surface area contributed by atoms with Crippen LogP contribution in [0.3, 0.4) is 0 Å². The lowest BCUT2D eigenvalue weighted by Gasteiger charge is -2.41. The molecule has 0 saturated carbocycles. The minimum absolute atomic E-state index is 0.217. The number of anilines is 5. The molecule has 3 N–H and O–H groups in total. The number of nitrogens with one attached hydrogen (secondary N) is 3. The van der Waals surface area contributed by atoms with E-state index in [1.165, 1.54) is 45.2 Å². The highest BCUT2D eigenvalue weighted by atomic mass is 32.2. The first-order chi connectivity index (χ1) is 21.3. The number of piperidine rings is 2. The fourth-order valence-electron chi connectivity index (χ4n) is 6.16. The molecule has 0 bridgehead atoms. The quantitative estimate of drug-likeness (QED) is 0.198. The maximum atomic E-state index is 13.1. The van der Waals surface area contributed by atoms with Gasteiger partial charge in [0.05, 0.1) is 39.7 Å². The average Bonchev–Trinajstić information content (AvgIpc) is 3.52. The molecule has 2 saturated heterocycles. The number of H-pyrrole nitrogens is 1. The molecule has 12 heteroatoms. The van der Waals surface area contributed by atoms with E-state index >= 15 is 0 Å². The van der Waals surface area contributed by atoms with Crippen LogP contribution in [0.25, 0.3) is 11.0 Å². The minimum atomic E-state index is -3.53. The summed E-state index contributed by atoms with van der Waals surface area (Å²) >= 11 is 0. The molecule has 2 fully saturated rings. The average molecular weight is 619 g/mol. The Bertz CT molecular complexity index is 1690. The van der Waals surface area contributed by atoms with Crippen LogP contribution in [0.15, 0.2) is 53.6 Å². The molecule has 6 rings (SSSR count). The first-order valence-corrected chi connectivity index (χ1v) is 17.2. The number of benzene rings is 2. The second-order valence-electron chi connectivity index (χ2n) is 11.8. The van der Waals surface area contributed by atoms with E-state index in [2.05, 4.69) is 47.7 Å². The van der Waals surface area contributed by atoms with Gasteiger partial charge in [-0.05, 0) is 83.8 Å². The maximum absolute atomic E-state index is 13.1. The molecule has 2 aliphatic heterocycles. The molecule has 0 unspecified atom stereocenters. The first-order valence-electron chi connectivity index (χ1n) is 15.7. The van der Waals surface area contributed by atoms with Crippen molar-refractivity contribution in [3.63, 3.8) is 0 Å². The third kappa shape index (κ3) is 6.32. The Kier molecular flexibility index (Phi) is 8.90. The SMILES string of the molecule is CCOc1cc(N2CCC(N3CCCCC3)CC2)ccc1Nc1nc(Nc2ccccc2S(=O)(=O)C(C)C)c2cn[nH]c2n1. The monoisotopic (exact) mass is 618 g/mol. The molecule has 0 radical (unpaired) electrons. The van der Waals surface area contributed by atoms with Crippen molar-refractivity contribution in [3.8, 4) is 5.75 Å². The summed E-state index contributed by atoms with van der Waals surface area (Å²) in [7, 11) is -3.53. The van der Waals surface area contributed by atoms with Gasteiger partial charge in [-0.3, -0.25) is 5.10 Å². The van der Waals surface area contributed by atoms with Crippen LogP contribution >= 0.6 is 0 Å². The molecular weight excluding hydrogens is 576 g/mol. The van der Waals surface area contributed by atoms with Crippen molar-refractivity contribution in [1.82, 2.24) is 25.1 Å². The van der Waals surface area contributed by atoms with E-state index in [1.807, 2.05) is 13.0 Å². The number of aromatic nitrogens is 4. The Morgan fingerprint density at radius 3 is 2.50 bits per heavy atom. The number of sulfone groups is 1. The van der Waals surface area contributed by atoms with Crippen LogP contribution in [0.1, 0.15) is 52.9 Å². The molecule has 4 heterocycles. The van der Waals surface area contributed by atoms with Crippen LogP contribution in [-0.4, -0.2) is 77.6 Å². The van der Waals surface area contributed by atoms with Crippen molar-refractivity contribution >= 4 is 49.7 Å². The summed E-state index contributed by atoms with van der Waals surface area (Å²) < 4.78 is 32.2. The van der Waals surface area contributed by atoms with Gasteiger partial charge in [0.25, 0.3) is 0 Å². The first kappa shape index (κ1) is 30.1. The molecule has 44 heavy (non-hydrogen) atoms. The third-order valence-corrected chi connectivity index (χ3v) is 10.8. The van der Waals surface area contributed by atoms with E-state index in [-0.39, 0.29) is 4.90 Å². The molecular formula is C32H42N8O3S. The standard InChI is InChI=1S/C32H42N8O3S/c1-4-43-28-20-24(40-18-14-23(15-19-40)39-16-8-5-9-17-39)12-13-26(28)35-32-36-30(25-21-33-38-31(25)37-32)34-27-10-6-7-11-29(27)44(41,42)22(2)3/h6-7,10-13,20-23H,4-5,8-9,14-19H2,1-3H3,(H3,33,34,35,36,37,38). The lowest BCUT2D eigenvalue weighted by Crippen LogP contribution is -2.46. The minimum Gasteiger partial charge on any atom is -0.492 e. The van der Waals surface area contributed by atoms with Crippen molar-refractivity contribution in [2.24, 2.45) is 0 Å². The summed E-state index contributed by atoms with van der Waals surface area (Å²) in [5.41, 5.74) is 2.84. The summed E-state index contributed by atoms with van der Waals surface area (Å²) in [6.45, 7) is 10.4. The van der Waals surface area contributed by atoms with Gasteiger partial charge in [0.2, 0.25) is 5.95 Å². The third-order valence-electron chi connectivity index (χ3n) is 8.63. The number of ether oxygens (including phenoxy) is 1. The Hall–Kier alpha value is -3.90. The highest BCUT2D eigenvalue weighted by Crippen LogP contribution is 2.35. The Labute approximate surface area is 259 Å². The van der Waals surface area contributed by atoms with Crippen LogP contribution < -0.4 is 20.3 Å².